The van der Waals surface area contributed by atoms with E-state index in [2.05, 4.69) is 19.2 Å². The zero-order valence-corrected chi connectivity index (χ0v) is 10.7. The lowest BCUT2D eigenvalue weighted by molar-refractivity contribution is -0.112. The van der Waals surface area contributed by atoms with E-state index < -0.39 is 0 Å². The third-order valence-electron chi connectivity index (χ3n) is 4.52. The van der Waals surface area contributed by atoms with Crippen LogP contribution in [-0.2, 0) is 4.79 Å². The van der Waals surface area contributed by atoms with Crippen LogP contribution in [0.3, 0.4) is 0 Å². The molecule has 2 heteroatoms. The van der Waals surface area contributed by atoms with E-state index in [1.54, 1.807) is 0 Å². The van der Waals surface area contributed by atoms with Crippen LogP contribution in [-0.4, -0.2) is 19.4 Å². The summed E-state index contributed by atoms with van der Waals surface area (Å²) in [5.41, 5.74) is 0.525. The van der Waals surface area contributed by atoms with Crippen LogP contribution in [0.4, 0.5) is 0 Å². The highest BCUT2D eigenvalue weighted by molar-refractivity contribution is 5.54. The van der Waals surface area contributed by atoms with Crippen LogP contribution in [0, 0.1) is 23.2 Å². The predicted molar refractivity (Wildman–Crippen MR) is 66.3 cm³/mol. The van der Waals surface area contributed by atoms with Gasteiger partial charge >= 0.3 is 0 Å². The van der Waals surface area contributed by atoms with Gasteiger partial charge in [-0.1, -0.05) is 26.7 Å². The molecule has 0 bridgehead atoms. The van der Waals surface area contributed by atoms with Crippen molar-refractivity contribution in [3.63, 3.8) is 0 Å². The summed E-state index contributed by atoms with van der Waals surface area (Å²) >= 11 is 0. The van der Waals surface area contributed by atoms with Crippen molar-refractivity contribution in [1.82, 2.24) is 5.32 Å². The number of hydrogen-bond donors (Lipinski definition) is 1. The van der Waals surface area contributed by atoms with Gasteiger partial charge in [0, 0.05) is 12.5 Å². The van der Waals surface area contributed by atoms with Crippen LogP contribution in [0.2, 0.25) is 0 Å². The standard InChI is InChI=1S/C14H25NO/c1-14(2)5-3-4-12(7-14)13-6-11(10-16)8-15-9-13/h10-13,15H,3-9H2,1-2H3. The first-order valence-electron chi connectivity index (χ1n) is 6.77. The van der Waals surface area contributed by atoms with E-state index >= 15 is 0 Å². The Bertz CT molecular complexity index is 249. The lowest BCUT2D eigenvalue weighted by atomic mass is 9.66. The summed E-state index contributed by atoms with van der Waals surface area (Å²) in [5.74, 6) is 1.85. The molecule has 2 rings (SSSR count). The molecule has 1 heterocycles. The third-order valence-corrected chi connectivity index (χ3v) is 4.52. The van der Waals surface area contributed by atoms with Gasteiger partial charge in [0.05, 0.1) is 0 Å². The predicted octanol–water partition coefficient (Wildman–Crippen LogP) is 2.63. The van der Waals surface area contributed by atoms with Crippen LogP contribution in [0.1, 0.15) is 46.0 Å². The van der Waals surface area contributed by atoms with Gasteiger partial charge in [-0.3, -0.25) is 0 Å². The third kappa shape index (κ3) is 2.85. The largest absolute Gasteiger partial charge is 0.316 e. The van der Waals surface area contributed by atoms with Gasteiger partial charge in [0.2, 0.25) is 0 Å². The van der Waals surface area contributed by atoms with Gasteiger partial charge in [0.15, 0.2) is 0 Å². The van der Waals surface area contributed by atoms with E-state index in [0.29, 0.717) is 5.41 Å². The molecule has 3 unspecified atom stereocenters. The maximum atomic E-state index is 10.9. The summed E-state index contributed by atoms with van der Waals surface area (Å²) in [6, 6.07) is 0. The van der Waals surface area contributed by atoms with E-state index in [1.165, 1.54) is 25.7 Å². The molecule has 1 saturated carbocycles. The Morgan fingerprint density at radius 1 is 1.25 bits per heavy atom. The minimum Gasteiger partial charge on any atom is -0.316 e. The number of rotatable bonds is 2. The van der Waals surface area contributed by atoms with Gasteiger partial charge in [0.1, 0.15) is 6.29 Å². The van der Waals surface area contributed by atoms with Crippen molar-refractivity contribution in [1.29, 1.82) is 0 Å². The highest BCUT2D eigenvalue weighted by atomic mass is 16.1. The smallest absolute Gasteiger partial charge is 0.124 e. The molecule has 0 aromatic carbocycles. The lowest BCUT2D eigenvalue weighted by Gasteiger charge is -2.41. The highest BCUT2D eigenvalue weighted by Gasteiger charge is 2.34. The van der Waals surface area contributed by atoms with Crippen molar-refractivity contribution < 1.29 is 4.79 Å². The van der Waals surface area contributed by atoms with E-state index in [9.17, 15) is 4.79 Å². The molecule has 2 nitrogen and oxygen atoms in total. The molecule has 16 heavy (non-hydrogen) atoms. The summed E-state index contributed by atoms with van der Waals surface area (Å²) in [7, 11) is 0. The second-order valence-corrected chi connectivity index (χ2v) is 6.57. The number of hydrogen-bond acceptors (Lipinski definition) is 2. The summed E-state index contributed by atoms with van der Waals surface area (Å²) in [6.07, 6.45) is 7.75. The maximum absolute atomic E-state index is 10.9. The molecule has 92 valence electrons. The number of piperidine rings is 1. The molecular formula is C14H25NO. The fourth-order valence-corrected chi connectivity index (χ4v) is 3.63. The average molecular weight is 223 g/mol. The van der Waals surface area contributed by atoms with Crippen LogP contribution in [0.15, 0.2) is 0 Å². The van der Waals surface area contributed by atoms with E-state index in [0.717, 1.165) is 37.6 Å². The Morgan fingerprint density at radius 2 is 2.06 bits per heavy atom. The van der Waals surface area contributed by atoms with Gasteiger partial charge in [-0.05, 0) is 43.1 Å². The van der Waals surface area contributed by atoms with Gasteiger partial charge in [0.25, 0.3) is 0 Å². The van der Waals surface area contributed by atoms with Crippen molar-refractivity contribution in [2.45, 2.75) is 46.0 Å². The Balaban J connectivity index is 1.93. The van der Waals surface area contributed by atoms with Crippen LogP contribution >= 0.6 is 0 Å². The second-order valence-electron chi connectivity index (χ2n) is 6.57. The normalized spacial score (nSPS) is 39.2. The molecule has 0 spiro atoms. The second kappa shape index (κ2) is 4.87. The first kappa shape index (κ1) is 12.1. The fraction of sp³-hybridized carbons (Fsp3) is 0.929. The quantitative estimate of drug-likeness (QED) is 0.729. The Morgan fingerprint density at radius 3 is 2.75 bits per heavy atom. The van der Waals surface area contributed by atoms with E-state index in [4.69, 9.17) is 0 Å². The van der Waals surface area contributed by atoms with Gasteiger partial charge in [-0.25, -0.2) is 0 Å². The van der Waals surface area contributed by atoms with Gasteiger partial charge in [-0.2, -0.15) is 0 Å². The Kier molecular flexibility index (Phi) is 3.68. The molecule has 1 saturated heterocycles. The number of aldehydes is 1. The summed E-state index contributed by atoms with van der Waals surface area (Å²) in [6.45, 7) is 6.82. The molecule has 1 aliphatic heterocycles. The van der Waals surface area contributed by atoms with E-state index in [1.807, 2.05) is 0 Å². The molecular weight excluding hydrogens is 198 g/mol. The topological polar surface area (TPSA) is 29.1 Å². The molecule has 1 N–H and O–H groups in total. The van der Waals surface area contributed by atoms with E-state index in [-0.39, 0.29) is 5.92 Å². The van der Waals surface area contributed by atoms with Gasteiger partial charge in [-0.15, -0.1) is 0 Å². The van der Waals surface area contributed by atoms with Crippen LogP contribution in [0.5, 0.6) is 0 Å². The highest BCUT2D eigenvalue weighted by Crippen LogP contribution is 2.43. The zero-order chi connectivity index (χ0) is 11.6. The minimum atomic E-state index is 0.267. The molecule has 0 radical (unpaired) electrons. The summed E-state index contributed by atoms with van der Waals surface area (Å²) in [4.78, 5) is 10.9. The van der Waals surface area contributed by atoms with Crippen molar-refractivity contribution in [3.05, 3.63) is 0 Å². The SMILES string of the molecule is CC1(C)CCCC(C2CNCC(C=O)C2)C1. The molecule has 1 aliphatic carbocycles. The Hall–Kier alpha value is -0.370. The summed E-state index contributed by atoms with van der Waals surface area (Å²) in [5, 5.41) is 3.43. The zero-order valence-electron chi connectivity index (χ0n) is 10.7. The monoisotopic (exact) mass is 223 g/mol. The molecule has 3 atom stereocenters. The van der Waals surface area contributed by atoms with Gasteiger partial charge < -0.3 is 10.1 Å². The average Bonchev–Trinajstić information content (AvgIpc) is 2.28. The molecule has 0 aromatic heterocycles. The van der Waals surface area contributed by atoms with Crippen molar-refractivity contribution in [2.24, 2.45) is 23.2 Å². The maximum Gasteiger partial charge on any atom is 0.124 e. The van der Waals surface area contributed by atoms with Crippen molar-refractivity contribution in [3.8, 4) is 0 Å². The number of nitrogens with one attached hydrogen (secondary N) is 1. The first-order chi connectivity index (χ1) is 7.61. The molecule has 2 aliphatic rings. The van der Waals surface area contributed by atoms with Crippen LogP contribution < -0.4 is 5.32 Å². The number of carbonyl (C=O) groups is 1. The Labute approximate surface area is 99.2 Å². The van der Waals surface area contributed by atoms with Crippen molar-refractivity contribution in [2.75, 3.05) is 13.1 Å². The fourth-order valence-electron chi connectivity index (χ4n) is 3.63. The molecule has 0 aromatic rings. The lowest BCUT2D eigenvalue weighted by Crippen LogP contribution is -2.41. The number of carbonyl (C=O) groups excluding carboxylic acids is 1. The van der Waals surface area contributed by atoms with Crippen LogP contribution in [0.25, 0.3) is 0 Å². The van der Waals surface area contributed by atoms with Crippen molar-refractivity contribution >= 4 is 6.29 Å². The summed E-state index contributed by atoms with van der Waals surface area (Å²) < 4.78 is 0. The molecule has 0 amide bonds. The molecule has 2 fully saturated rings. The first-order valence-corrected chi connectivity index (χ1v) is 6.77. The minimum absolute atomic E-state index is 0.267.